The number of benzene rings is 2. The number of hydrogen-bond donors (Lipinski definition) is 1. The first kappa shape index (κ1) is 20.9. The molecular weight excluding hydrogens is 377 g/mol. The van der Waals surface area contributed by atoms with E-state index < -0.39 is 23.9 Å². The maximum atomic E-state index is 14.6. The number of aliphatic carboxylic acids is 1. The molecule has 2 unspecified atom stereocenters. The van der Waals surface area contributed by atoms with E-state index in [1.807, 2.05) is 4.90 Å². The lowest BCUT2D eigenvalue weighted by atomic mass is 9.90. The van der Waals surface area contributed by atoms with Gasteiger partial charge in [0, 0.05) is 0 Å². The van der Waals surface area contributed by atoms with Gasteiger partial charge in [0.1, 0.15) is 17.5 Å². The van der Waals surface area contributed by atoms with Crippen LogP contribution in [0.4, 0.5) is 4.39 Å². The Hall–Kier alpha value is -2.80. The van der Waals surface area contributed by atoms with Crippen molar-refractivity contribution in [3.63, 3.8) is 0 Å². The van der Waals surface area contributed by atoms with Crippen molar-refractivity contribution >= 4 is 5.97 Å². The number of carboxylic acids is 1. The largest absolute Gasteiger partial charge is 0.496 e. The number of piperidine rings is 1. The number of nitrogens with zero attached hydrogens (tertiary/aromatic N) is 1. The summed E-state index contributed by atoms with van der Waals surface area (Å²) in [7, 11) is 4.51. The lowest BCUT2D eigenvalue weighted by Gasteiger charge is -2.40. The van der Waals surface area contributed by atoms with Crippen LogP contribution in [-0.4, -0.2) is 49.9 Å². The molecule has 0 aromatic heterocycles. The molecule has 1 aliphatic heterocycles. The standard InChI is InChI=1S/C22H26FNO5/c1-27-17-11-10-14(13-15(17)23)21(24-12-5-4-7-16(24)22(25)26)20-18(28-2)8-6-9-19(20)29-3/h6,8-11,13,16,21H,4-5,7,12H2,1-3H3,(H,25,26). The van der Waals surface area contributed by atoms with E-state index in [2.05, 4.69) is 0 Å². The van der Waals surface area contributed by atoms with E-state index >= 15 is 0 Å². The van der Waals surface area contributed by atoms with Gasteiger partial charge >= 0.3 is 5.97 Å². The van der Waals surface area contributed by atoms with Gasteiger partial charge in [-0.25, -0.2) is 4.39 Å². The summed E-state index contributed by atoms with van der Waals surface area (Å²) in [6.45, 7) is 0.566. The number of ether oxygens (including phenoxy) is 3. The lowest BCUT2D eigenvalue weighted by molar-refractivity contribution is -0.145. The molecule has 0 saturated carbocycles. The minimum Gasteiger partial charge on any atom is -0.496 e. The van der Waals surface area contributed by atoms with Crippen LogP contribution in [0.5, 0.6) is 17.2 Å². The molecule has 1 N–H and O–H groups in total. The highest BCUT2D eigenvalue weighted by Crippen LogP contribution is 2.43. The van der Waals surface area contributed by atoms with Gasteiger partial charge in [-0.15, -0.1) is 0 Å². The fraction of sp³-hybridized carbons (Fsp3) is 0.409. The molecule has 1 heterocycles. The maximum absolute atomic E-state index is 14.6. The fourth-order valence-corrected chi connectivity index (χ4v) is 4.05. The molecule has 2 aromatic carbocycles. The predicted molar refractivity (Wildman–Crippen MR) is 106 cm³/mol. The summed E-state index contributed by atoms with van der Waals surface area (Å²) in [6, 6.07) is 8.86. The highest BCUT2D eigenvalue weighted by molar-refractivity contribution is 5.74. The van der Waals surface area contributed by atoms with E-state index in [4.69, 9.17) is 14.2 Å². The maximum Gasteiger partial charge on any atom is 0.320 e. The minimum atomic E-state index is -0.891. The summed E-state index contributed by atoms with van der Waals surface area (Å²) in [5.74, 6) is -0.154. The molecule has 156 valence electrons. The van der Waals surface area contributed by atoms with Crippen LogP contribution >= 0.6 is 0 Å². The second-order valence-electron chi connectivity index (χ2n) is 6.96. The molecule has 0 radical (unpaired) electrons. The molecule has 3 rings (SSSR count). The molecule has 2 aromatic rings. The number of carboxylic acid groups (broad SMARTS) is 1. The first-order valence-corrected chi connectivity index (χ1v) is 9.54. The van der Waals surface area contributed by atoms with E-state index in [0.717, 1.165) is 12.8 Å². The van der Waals surface area contributed by atoms with Gasteiger partial charge in [0.05, 0.1) is 32.9 Å². The van der Waals surface area contributed by atoms with Crippen LogP contribution in [-0.2, 0) is 4.79 Å². The van der Waals surface area contributed by atoms with Crippen LogP contribution in [0.15, 0.2) is 36.4 Å². The Labute approximate surface area is 169 Å². The minimum absolute atomic E-state index is 0.132. The molecule has 7 heteroatoms. The Kier molecular flexibility index (Phi) is 6.59. The van der Waals surface area contributed by atoms with Crippen LogP contribution < -0.4 is 14.2 Å². The van der Waals surface area contributed by atoms with Gasteiger partial charge in [-0.05, 0) is 49.2 Å². The number of likely N-dealkylation sites (tertiary alicyclic amines) is 1. The van der Waals surface area contributed by atoms with Gasteiger partial charge in [-0.2, -0.15) is 0 Å². The van der Waals surface area contributed by atoms with Crippen molar-refractivity contribution in [2.75, 3.05) is 27.9 Å². The van der Waals surface area contributed by atoms with Crippen molar-refractivity contribution in [2.45, 2.75) is 31.3 Å². The zero-order chi connectivity index (χ0) is 21.0. The second kappa shape index (κ2) is 9.13. The number of halogens is 1. The third-order valence-corrected chi connectivity index (χ3v) is 5.39. The van der Waals surface area contributed by atoms with Crippen LogP contribution in [0.3, 0.4) is 0 Å². The molecule has 0 aliphatic carbocycles. The monoisotopic (exact) mass is 403 g/mol. The Morgan fingerprint density at radius 3 is 2.28 bits per heavy atom. The van der Waals surface area contributed by atoms with Gasteiger partial charge in [0.2, 0.25) is 0 Å². The van der Waals surface area contributed by atoms with Crippen LogP contribution in [0.2, 0.25) is 0 Å². The van der Waals surface area contributed by atoms with Crippen molar-refractivity contribution in [1.29, 1.82) is 0 Å². The van der Waals surface area contributed by atoms with Crippen molar-refractivity contribution < 1.29 is 28.5 Å². The number of hydrogen-bond acceptors (Lipinski definition) is 5. The van der Waals surface area contributed by atoms with Crippen molar-refractivity contribution in [2.24, 2.45) is 0 Å². The molecule has 6 nitrogen and oxygen atoms in total. The summed E-state index contributed by atoms with van der Waals surface area (Å²) >= 11 is 0. The number of methoxy groups -OCH3 is 3. The van der Waals surface area contributed by atoms with Crippen molar-refractivity contribution in [3.8, 4) is 17.2 Å². The first-order chi connectivity index (χ1) is 14.0. The third kappa shape index (κ3) is 4.15. The normalized spacial score (nSPS) is 18.1. The topological polar surface area (TPSA) is 68.2 Å². The number of carbonyl (C=O) groups is 1. The Morgan fingerprint density at radius 1 is 1.07 bits per heavy atom. The zero-order valence-electron chi connectivity index (χ0n) is 16.9. The van der Waals surface area contributed by atoms with Crippen LogP contribution in [0.25, 0.3) is 0 Å². The smallest absolute Gasteiger partial charge is 0.320 e. The summed E-state index contributed by atoms with van der Waals surface area (Å²) in [5.41, 5.74) is 1.29. The molecule has 1 saturated heterocycles. The van der Waals surface area contributed by atoms with Gasteiger partial charge in [-0.1, -0.05) is 18.6 Å². The molecule has 0 bridgehead atoms. The molecule has 29 heavy (non-hydrogen) atoms. The quantitative estimate of drug-likeness (QED) is 0.757. The SMILES string of the molecule is COc1ccc(C(c2c(OC)cccc2OC)N2CCCCC2C(=O)O)cc1F. The Balaban J connectivity index is 2.22. The first-order valence-electron chi connectivity index (χ1n) is 9.54. The zero-order valence-corrected chi connectivity index (χ0v) is 16.9. The molecule has 0 amide bonds. The van der Waals surface area contributed by atoms with Gasteiger partial charge in [-0.3, -0.25) is 9.69 Å². The Bertz CT molecular complexity index is 850. The molecule has 1 aliphatic rings. The molecule has 0 spiro atoms. The average Bonchev–Trinajstić information content (AvgIpc) is 2.74. The average molecular weight is 403 g/mol. The molecule has 1 fully saturated rings. The van der Waals surface area contributed by atoms with E-state index in [-0.39, 0.29) is 5.75 Å². The van der Waals surface area contributed by atoms with E-state index in [1.165, 1.54) is 13.2 Å². The van der Waals surface area contributed by atoms with E-state index in [1.54, 1.807) is 44.6 Å². The summed E-state index contributed by atoms with van der Waals surface area (Å²) in [4.78, 5) is 13.9. The van der Waals surface area contributed by atoms with Crippen LogP contribution in [0, 0.1) is 5.82 Å². The molecular formula is C22H26FNO5. The van der Waals surface area contributed by atoms with E-state index in [0.29, 0.717) is 35.6 Å². The van der Waals surface area contributed by atoms with Gasteiger partial charge in [0.25, 0.3) is 0 Å². The summed E-state index contributed by atoms with van der Waals surface area (Å²) in [5, 5.41) is 9.84. The fourth-order valence-electron chi connectivity index (χ4n) is 4.05. The van der Waals surface area contributed by atoms with Crippen molar-refractivity contribution in [3.05, 3.63) is 53.3 Å². The second-order valence-corrected chi connectivity index (χ2v) is 6.96. The Morgan fingerprint density at radius 2 is 1.72 bits per heavy atom. The van der Waals surface area contributed by atoms with Gasteiger partial charge in [0.15, 0.2) is 11.6 Å². The molecule has 2 atom stereocenters. The highest BCUT2D eigenvalue weighted by Gasteiger charge is 2.38. The number of rotatable bonds is 7. The van der Waals surface area contributed by atoms with Gasteiger partial charge < -0.3 is 19.3 Å². The lowest BCUT2D eigenvalue weighted by Crippen LogP contribution is -2.47. The van der Waals surface area contributed by atoms with Crippen LogP contribution in [0.1, 0.15) is 36.4 Å². The summed E-state index contributed by atoms with van der Waals surface area (Å²) < 4.78 is 30.8. The summed E-state index contributed by atoms with van der Waals surface area (Å²) in [6.07, 6.45) is 2.22. The highest BCUT2D eigenvalue weighted by atomic mass is 19.1. The third-order valence-electron chi connectivity index (χ3n) is 5.39. The predicted octanol–water partition coefficient (Wildman–Crippen LogP) is 3.88. The van der Waals surface area contributed by atoms with Crippen molar-refractivity contribution in [1.82, 2.24) is 4.90 Å². The van der Waals surface area contributed by atoms with E-state index in [9.17, 15) is 14.3 Å².